The Labute approximate surface area is 177 Å². The van der Waals surface area contributed by atoms with E-state index in [0.29, 0.717) is 0 Å². The first kappa shape index (κ1) is 21.1. The van der Waals surface area contributed by atoms with E-state index in [2.05, 4.69) is 44.2 Å². The third-order valence-corrected chi connectivity index (χ3v) is 5.60. The minimum absolute atomic E-state index is 0.762. The van der Waals surface area contributed by atoms with Crippen LogP contribution in [0.3, 0.4) is 0 Å². The van der Waals surface area contributed by atoms with E-state index < -0.39 is 0 Å². The average molecular weight is 409 g/mol. The van der Waals surface area contributed by atoms with Crippen LogP contribution in [0, 0.1) is 0 Å². The van der Waals surface area contributed by atoms with Crippen molar-refractivity contribution >= 4 is 11.3 Å². The Morgan fingerprint density at radius 1 is 0.690 bits per heavy atom. The van der Waals surface area contributed by atoms with Crippen molar-refractivity contribution in [3.05, 3.63) is 65.3 Å². The van der Waals surface area contributed by atoms with Gasteiger partial charge in [-0.15, -0.1) is 0 Å². The molecule has 29 heavy (non-hydrogen) atoms. The molecule has 4 heteroatoms. The lowest BCUT2D eigenvalue weighted by Crippen LogP contribution is -2.42. The van der Waals surface area contributed by atoms with Crippen molar-refractivity contribution in [3.63, 3.8) is 0 Å². The molecule has 2 aromatic carbocycles. The zero-order valence-corrected chi connectivity index (χ0v) is 18.1. The third kappa shape index (κ3) is 6.20. The van der Waals surface area contributed by atoms with Crippen molar-refractivity contribution in [1.29, 1.82) is 0 Å². The number of hydrogen-bond donors (Lipinski definition) is 1. The molecule has 0 atom stereocenters. The molecule has 1 aromatic heterocycles. The molecule has 0 bridgehead atoms. The highest BCUT2D eigenvalue weighted by atomic mass is 32.1. The molecule has 3 aromatic rings. The van der Waals surface area contributed by atoms with Crippen LogP contribution in [0.1, 0.15) is 39.5 Å². The second-order valence-corrected chi connectivity index (χ2v) is 8.18. The lowest BCUT2D eigenvalue weighted by Gasteiger charge is -2.08. The van der Waals surface area contributed by atoms with Crippen LogP contribution in [-0.4, -0.2) is 13.2 Å². The Balaban J connectivity index is 1.77. The first-order valence-electron chi connectivity index (χ1n) is 10.4. The summed E-state index contributed by atoms with van der Waals surface area (Å²) >= 11 is 1.60. The molecule has 3 rings (SSSR count). The summed E-state index contributed by atoms with van der Waals surface area (Å²) in [5.74, 6) is 1.82. The fourth-order valence-corrected chi connectivity index (χ4v) is 3.84. The Morgan fingerprint density at radius 3 is 1.72 bits per heavy atom. The average Bonchev–Trinajstić information content (AvgIpc) is 2.75. The van der Waals surface area contributed by atoms with E-state index >= 15 is 0 Å². The Bertz CT molecular complexity index is 871. The van der Waals surface area contributed by atoms with Gasteiger partial charge in [-0.05, 0) is 72.0 Å². The summed E-state index contributed by atoms with van der Waals surface area (Å²) in [6.45, 7) is 5.85. The second kappa shape index (κ2) is 10.8. The molecule has 152 valence electrons. The molecule has 0 aliphatic carbocycles. The summed E-state index contributed by atoms with van der Waals surface area (Å²) in [5.41, 5.74) is 3.39. The molecule has 3 nitrogen and oxygen atoms in total. The first-order chi connectivity index (χ1) is 14.2. The molecule has 0 radical (unpaired) electrons. The predicted molar refractivity (Wildman–Crippen MR) is 121 cm³/mol. The van der Waals surface area contributed by atoms with Crippen molar-refractivity contribution in [3.8, 4) is 33.1 Å². The number of rotatable bonds is 10. The van der Waals surface area contributed by atoms with Gasteiger partial charge in [0.25, 0.3) is 4.67 Å². The fraction of sp³-hybridized carbons (Fsp3) is 0.320. The third-order valence-electron chi connectivity index (χ3n) is 4.67. The van der Waals surface area contributed by atoms with Crippen molar-refractivity contribution in [1.82, 2.24) is 0 Å². The Morgan fingerprint density at radius 2 is 1.21 bits per heavy atom. The van der Waals surface area contributed by atoms with Crippen LogP contribution in [0.15, 0.2) is 60.7 Å². The summed E-state index contributed by atoms with van der Waals surface area (Å²) < 4.78 is 12.3. The quantitative estimate of drug-likeness (QED) is 0.474. The molecule has 0 saturated carbocycles. The number of benzene rings is 2. The van der Waals surface area contributed by atoms with Crippen LogP contribution >= 0.6 is 11.3 Å². The molecule has 0 amide bonds. The maximum absolute atomic E-state index is 6.23. The number of unbranched alkanes of at least 4 members (excludes halogenated alkanes) is 2. The highest BCUT2D eigenvalue weighted by Crippen LogP contribution is 2.29. The molecular formula is C25H30NO2S+. The topological polar surface area (TPSA) is 44.0 Å². The van der Waals surface area contributed by atoms with Crippen LogP contribution in [0.4, 0.5) is 0 Å². The van der Waals surface area contributed by atoms with Gasteiger partial charge < -0.3 is 9.47 Å². The SMILES string of the molecule is CCCCOc1ccc(-c2cc(-c3ccc(OCCCC)cc3)sc(=[NH2+])c2)cc1. The van der Waals surface area contributed by atoms with E-state index in [-0.39, 0.29) is 0 Å². The summed E-state index contributed by atoms with van der Waals surface area (Å²) in [5, 5.41) is 6.23. The minimum atomic E-state index is 0.762. The lowest BCUT2D eigenvalue weighted by atomic mass is 10.1. The van der Waals surface area contributed by atoms with Crippen LogP contribution < -0.4 is 19.6 Å². The molecule has 0 spiro atoms. The summed E-state index contributed by atoms with van der Waals surface area (Å²) in [6.07, 6.45) is 4.42. The molecule has 0 fully saturated rings. The molecule has 2 N–H and O–H groups in total. The first-order valence-corrected chi connectivity index (χ1v) is 11.2. The van der Waals surface area contributed by atoms with Crippen molar-refractivity contribution < 1.29 is 14.9 Å². The summed E-state index contributed by atoms with van der Waals surface area (Å²) in [6, 6.07) is 20.7. The summed E-state index contributed by atoms with van der Waals surface area (Å²) in [4.78, 5) is 1.14. The zero-order valence-electron chi connectivity index (χ0n) is 17.3. The van der Waals surface area contributed by atoms with Crippen LogP contribution in [-0.2, 0) is 0 Å². The van der Waals surface area contributed by atoms with Gasteiger partial charge in [-0.25, -0.2) is 5.41 Å². The van der Waals surface area contributed by atoms with Gasteiger partial charge in [-0.1, -0.05) is 50.2 Å². The standard InChI is InChI=1S/C25H29NO2S/c1-3-5-15-27-22-11-7-19(8-12-22)21-17-24(29-25(26)18-21)20-9-13-23(14-10-20)28-16-6-4-2/h7-14,17-18,26H,3-6,15-16H2,1-2H3/p+1. The summed E-state index contributed by atoms with van der Waals surface area (Å²) in [7, 11) is 0. The highest BCUT2D eigenvalue weighted by molar-refractivity contribution is 7.12. The van der Waals surface area contributed by atoms with E-state index in [4.69, 9.17) is 14.9 Å². The highest BCUT2D eigenvalue weighted by Gasteiger charge is 2.07. The van der Waals surface area contributed by atoms with Gasteiger partial charge in [-0.2, -0.15) is 0 Å². The van der Waals surface area contributed by atoms with Crippen molar-refractivity contribution in [2.45, 2.75) is 39.5 Å². The Kier molecular flexibility index (Phi) is 7.88. The van der Waals surface area contributed by atoms with E-state index in [1.165, 1.54) is 0 Å². The number of nitrogens with two attached hydrogens (primary N) is 1. The second-order valence-electron chi connectivity index (χ2n) is 7.07. The molecule has 0 aliphatic rings. The lowest BCUT2D eigenvalue weighted by molar-refractivity contribution is -0.166. The van der Waals surface area contributed by atoms with Gasteiger partial charge in [0.1, 0.15) is 11.5 Å². The molecule has 0 saturated heterocycles. The van der Waals surface area contributed by atoms with E-state index in [1.54, 1.807) is 11.3 Å². The monoisotopic (exact) mass is 408 g/mol. The maximum atomic E-state index is 6.23. The number of hydrogen-bond acceptors (Lipinski definition) is 3. The van der Waals surface area contributed by atoms with Gasteiger partial charge >= 0.3 is 0 Å². The van der Waals surface area contributed by atoms with Crippen LogP contribution in [0.5, 0.6) is 11.5 Å². The van der Waals surface area contributed by atoms with Gasteiger partial charge in [0.05, 0.1) is 13.2 Å². The normalized spacial score (nSPS) is 10.7. The van der Waals surface area contributed by atoms with Crippen LogP contribution in [0.2, 0.25) is 0 Å². The number of ether oxygens (including phenoxy) is 2. The largest absolute Gasteiger partial charge is 0.494 e. The van der Waals surface area contributed by atoms with E-state index in [1.807, 2.05) is 30.3 Å². The van der Waals surface area contributed by atoms with Gasteiger partial charge in [0, 0.05) is 10.9 Å². The van der Waals surface area contributed by atoms with Crippen molar-refractivity contribution in [2.75, 3.05) is 13.2 Å². The molecule has 1 heterocycles. The van der Waals surface area contributed by atoms with E-state index in [9.17, 15) is 0 Å². The van der Waals surface area contributed by atoms with Crippen LogP contribution in [0.25, 0.3) is 21.6 Å². The van der Waals surface area contributed by atoms with Crippen molar-refractivity contribution in [2.24, 2.45) is 0 Å². The maximum Gasteiger partial charge on any atom is 0.254 e. The molecular weight excluding hydrogens is 378 g/mol. The van der Waals surface area contributed by atoms with E-state index in [0.717, 1.165) is 76.6 Å². The van der Waals surface area contributed by atoms with Gasteiger partial charge in [0.2, 0.25) is 0 Å². The smallest absolute Gasteiger partial charge is 0.254 e. The van der Waals surface area contributed by atoms with Gasteiger partial charge in [-0.3, -0.25) is 0 Å². The fourth-order valence-electron chi connectivity index (χ4n) is 2.96. The van der Waals surface area contributed by atoms with Gasteiger partial charge in [0.15, 0.2) is 0 Å². The zero-order chi connectivity index (χ0) is 20.5. The minimum Gasteiger partial charge on any atom is -0.494 e. The predicted octanol–water partition coefficient (Wildman–Crippen LogP) is 5.10. The molecule has 0 aliphatic heterocycles. The molecule has 0 unspecified atom stereocenters. The Hall–Kier alpha value is -2.59.